The SMILES string of the molecule is O=C(Nc1nncn1-c1ccccc1)c1ccc(Cl)cn1. The molecule has 0 aliphatic heterocycles. The lowest BCUT2D eigenvalue weighted by molar-refractivity contribution is 0.102. The quantitative estimate of drug-likeness (QED) is 0.806. The number of amides is 1. The summed E-state index contributed by atoms with van der Waals surface area (Å²) in [6.45, 7) is 0. The number of hydrogen-bond acceptors (Lipinski definition) is 4. The van der Waals surface area contributed by atoms with E-state index in [1.807, 2.05) is 30.3 Å². The number of para-hydroxylation sites is 1. The van der Waals surface area contributed by atoms with E-state index in [-0.39, 0.29) is 11.6 Å². The Morgan fingerprint density at radius 1 is 1.14 bits per heavy atom. The van der Waals surface area contributed by atoms with Gasteiger partial charge in [0.2, 0.25) is 5.95 Å². The van der Waals surface area contributed by atoms with Crippen LogP contribution in [0.2, 0.25) is 5.02 Å². The first-order chi connectivity index (χ1) is 10.2. The van der Waals surface area contributed by atoms with Gasteiger partial charge >= 0.3 is 0 Å². The zero-order valence-electron chi connectivity index (χ0n) is 10.8. The lowest BCUT2D eigenvalue weighted by Gasteiger charge is -2.07. The van der Waals surface area contributed by atoms with Gasteiger partial charge in [0.15, 0.2) is 0 Å². The van der Waals surface area contributed by atoms with Crippen LogP contribution in [0.1, 0.15) is 10.5 Å². The second-order valence-electron chi connectivity index (χ2n) is 4.18. The van der Waals surface area contributed by atoms with Crippen LogP contribution in [0.15, 0.2) is 55.0 Å². The van der Waals surface area contributed by atoms with Crippen LogP contribution in [0.25, 0.3) is 5.69 Å². The summed E-state index contributed by atoms with van der Waals surface area (Å²) in [5.41, 5.74) is 1.10. The maximum absolute atomic E-state index is 12.1. The van der Waals surface area contributed by atoms with Gasteiger partial charge in [0, 0.05) is 6.20 Å². The number of carbonyl (C=O) groups excluding carboxylic acids is 1. The number of halogens is 1. The molecule has 0 aliphatic rings. The molecule has 3 rings (SSSR count). The van der Waals surface area contributed by atoms with Gasteiger partial charge in [-0.3, -0.25) is 14.7 Å². The molecule has 2 heterocycles. The van der Waals surface area contributed by atoms with Crippen LogP contribution < -0.4 is 5.32 Å². The van der Waals surface area contributed by atoms with Crippen molar-refractivity contribution in [1.29, 1.82) is 0 Å². The van der Waals surface area contributed by atoms with Gasteiger partial charge in [-0.15, -0.1) is 10.2 Å². The average molecular weight is 300 g/mol. The molecule has 0 spiro atoms. The molecule has 0 fully saturated rings. The van der Waals surface area contributed by atoms with Crippen molar-refractivity contribution in [3.8, 4) is 5.69 Å². The van der Waals surface area contributed by atoms with E-state index >= 15 is 0 Å². The summed E-state index contributed by atoms with van der Waals surface area (Å²) in [7, 11) is 0. The lowest BCUT2D eigenvalue weighted by atomic mass is 10.3. The third-order valence-electron chi connectivity index (χ3n) is 2.77. The molecule has 21 heavy (non-hydrogen) atoms. The summed E-state index contributed by atoms with van der Waals surface area (Å²) >= 11 is 5.74. The van der Waals surface area contributed by atoms with Gasteiger partial charge < -0.3 is 0 Å². The molecule has 7 heteroatoms. The van der Waals surface area contributed by atoms with Crippen LogP contribution in [-0.4, -0.2) is 25.7 Å². The molecule has 1 N–H and O–H groups in total. The molecule has 1 aromatic carbocycles. The summed E-state index contributed by atoms with van der Waals surface area (Å²) in [4.78, 5) is 16.1. The zero-order chi connectivity index (χ0) is 14.7. The van der Waals surface area contributed by atoms with E-state index in [1.165, 1.54) is 12.5 Å². The molecule has 0 saturated carbocycles. The number of anilines is 1. The van der Waals surface area contributed by atoms with Crippen LogP contribution in [0.4, 0.5) is 5.95 Å². The minimum Gasteiger partial charge on any atom is -0.289 e. The van der Waals surface area contributed by atoms with Crippen molar-refractivity contribution >= 4 is 23.5 Å². The van der Waals surface area contributed by atoms with Crippen LogP contribution in [0.3, 0.4) is 0 Å². The van der Waals surface area contributed by atoms with Crippen molar-refractivity contribution in [2.45, 2.75) is 0 Å². The number of rotatable bonds is 3. The molecule has 0 aliphatic carbocycles. The Labute approximate surface area is 125 Å². The monoisotopic (exact) mass is 299 g/mol. The van der Waals surface area contributed by atoms with E-state index in [0.29, 0.717) is 11.0 Å². The zero-order valence-corrected chi connectivity index (χ0v) is 11.5. The molecule has 6 nitrogen and oxygen atoms in total. The number of pyridine rings is 1. The number of carbonyl (C=O) groups is 1. The topological polar surface area (TPSA) is 72.7 Å². The summed E-state index contributed by atoms with van der Waals surface area (Å²) < 4.78 is 1.67. The first-order valence-corrected chi connectivity index (χ1v) is 6.50. The van der Waals surface area contributed by atoms with E-state index in [4.69, 9.17) is 11.6 Å². The molecule has 2 aromatic heterocycles. The second-order valence-corrected chi connectivity index (χ2v) is 4.61. The van der Waals surface area contributed by atoms with Gasteiger partial charge in [0.1, 0.15) is 12.0 Å². The largest absolute Gasteiger partial charge is 0.289 e. The highest BCUT2D eigenvalue weighted by molar-refractivity contribution is 6.30. The Hall–Kier alpha value is -2.73. The Balaban J connectivity index is 1.85. The number of hydrogen-bond donors (Lipinski definition) is 1. The first-order valence-electron chi connectivity index (χ1n) is 6.12. The van der Waals surface area contributed by atoms with E-state index in [9.17, 15) is 4.79 Å². The van der Waals surface area contributed by atoms with Crippen molar-refractivity contribution in [3.63, 3.8) is 0 Å². The van der Waals surface area contributed by atoms with Crippen LogP contribution >= 0.6 is 11.6 Å². The smallest absolute Gasteiger partial charge is 0.276 e. The Kier molecular flexibility index (Phi) is 3.61. The minimum absolute atomic E-state index is 0.252. The maximum atomic E-state index is 12.1. The highest BCUT2D eigenvalue weighted by Crippen LogP contribution is 2.13. The summed E-state index contributed by atoms with van der Waals surface area (Å²) in [6.07, 6.45) is 2.94. The molecular formula is C14H10ClN5O. The van der Waals surface area contributed by atoms with Crippen molar-refractivity contribution in [3.05, 3.63) is 65.7 Å². The van der Waals surface area contributed by atoms with Gasteiger partial charge in [-0.2, -0.15) is 0 Å². The van der Waals surface area contributed by atoms with Crippen LogP contribution in [0, 0.1) is 0 Å². The normalized spacial score (nSPS) is 10.3. The number of aromatic nitrogens is 4. The predicted octanol–water partition coefficient (Wildman–Crippen LogP) is 2.57. The molecule has 0 saturated heterocycles. The van der Waals surface area contributed by atoms with Gasteiger partial charge in [-0.1, -0.05) is 29.8 Å². The van der Waals surface area contributed by atoms with E-state index < -0.39 is 0 Å². The van der Waals surface area contributed by atoms with Crippen LogP contribution in [0.5, 0.6) is 0 Å². The molecule has 0 unspecified atom stereocenters. The fourth-order valence-electron chi connectivity index (χ4n) is 1.77. The first kappa shape index (κ1) is 13.3. The molecule has 3 aromatic rings. The second kappa shape index (κ2) is 5.72. The fraction of sp³-hybridized carbons (Fsp3) is 0. The highest BCUT2D eigenvalue weighted by atomic mass is 35.5. The summed E-state index contributed by atoms with van der Waals surface area (Å²) in [5.74, 6) is -0.0557. The lowest BCUT2D eigenvalue weighted by Crippen LogP contribution is -2.16. The van der Waals surface area contributed by atoms with Gasteiger partial charge in [0.25, 0.3) is 5.91 Å². The third kappa shape index (κ3) is 2.90. The molecule has 0 atom stereocenters. The Bertz CT molecular complexity index is 755. The molecule has 104 valence electrons. The van der Waals surface area contributed by atoms with Crippen molar-refractivity contribution in [2.75, 3.05) is 5.32 Å². The van der Waals surface area contributed by atoms with Gasteiger partial charge in [-0.25, -0.2) is 4.98 Å². The summed E-state index contributed by atoms with van der Waals surface area (Å²) in [6, 6.07) is 12.6. The number of nitrogens with zero attached hydrogens (tertiary/aromatic N) is 4. The van der Waals surface area contributed by atoms with Gasteiger partial charge in [0.05, 0.1) is 10.7 Å². The highest BCUT2D eigenvalue weighted by Gasteiger charge is 2.12. The standard InChI is InChI=1S/C14H10ClN5O/c15-10-6-7-12(16-8-10)13(21)18-14-19-17-9-20(14)11-4-2-1-3-5-11/h1-9H,(H,18,19,21). The van der Waals surface area contributed by atoms with Crippen LogP contribution in [-0.2, 0) is 0 Å². The van der Waals surface area contributed by atoms with E-state index in [0.717, 1.165) is 5.69 Å². The van der Waals surface area contributed by atoms with E-state index in [2.05, 4.69) is 20.5 Å². The van der Waals surface area contributed by atoms with E-state index in [1.54, 1.807) is 16.7 Å². The number of nitrogens with one attached hydrogen (secondary N) is 1. The third-order valence-corrected chi connectivity index (χ3v) is 2.99. The van der Waals surface area contributed by atoms with Crippen molar-refractivity contribution in [1.82, 2.24) is 19.7 Å². The Morgan fingerprint density at radius 3 is 2.67 bits per heavy atom. The Morgan fingerprint density at radius 2 is 1.95 bits per heavy atom. The molecule has 0 bridgehead atoms. The predicted molar refractivity (Wildman–Crippen MR) is 78.6 cm³/mol. The number of benzene rings is 1. The molecule has 0 radical (unpaired) electrons. The summed E-state index contributed by atoms with van der Waals surface area (Å²) in [5, 5.41) is 10.9. The maximum Gasteiger partial charge on any atom is 0.276 e. The minimum atomic E-state index is -0.378. The fourth-order valence-corrected chi connectivity index (χ4v) is 1.89. The van der Waals surface area contributed by atoms with Crippen molar-refractivity contribution in [2.24, 2.45) is 0 Å². The molecule has 1 amide bonds. The average Bonchev–Trinajstić information content (AvgIpc) is 2.97. The van der Waals surface area contributed by atoms with Crippen molar-refractivity contribution < 1.29 is 4.79 Å². The van der Waals surface area contributed by atoms with Gasteiger partial charge in [-0.05, 0) is 24.3 Å². The molecular weight excluding hydrogens is 290 g/mol.